The number of benzene rings is 1. The van der Waals surface area contributed by atoms with Gasteiger partial charge in [0.1, 0.15) is 0 Å². The molecule has 100 valence electrons. The second-order valence-electron chi connectivity index (χ2n) is 4.45. The van der Waals surface area contributed by atoms with Gasteiger partial charge in [0, 0.05) is 31.5 Å². The van der Waals surface area contributed by atoms with Crippen LogP contribution in [0.5, 0.6) is 0 Å². The topological polar surface area (TPSA) is 55.6 Å². The predicted molar refractivity (Wildman–Crippen MR) is 73.8 cm³/mol. The summed E-state index contributed by atoms with van der Waals surface area (Å²) in [6.45, 7) is 7.61. The number of nitrogens with zero attached hydrogens (tertiary/aromatic N) is 1. The van der Waals surface area contributed by atoms with Crippen LogP contribution in [0, 0.1) is 13.8 Å². The average molecular weight is 250 g/mol. The van der Waals surface area contributed by atoms with Crippen molar-refractivity contribution in [1.29, 1.82) is 0 Å². The van der Waals surface area contributed by atoms with E-state index in [0.717, 1.165) is 11.1 Å². The highest BCUT2D eigenvalue weighted by molar-refractivity contribution is 5.96. The molecule has 1 aromatic carbocycles. The molecule has 0 unspecified atom stereocenters. The molecule has 1 aromatic rings. The number of nitrogen functional groups attached to an aromatic ring is 1. The van der Waals surface area contributed by atoms with Gasteiger partial charge in [0.25, 0.3) is 5.91 Å². The standard InChI is InChI=1S/C14H22N2O2/c1-5-18-7-6-16(4)14(17)12-9-13(15)11(3)8-10(12)2/h8-9H,5-7,15H2,1-4H3. The van der Waals surface area contributed by atoms with E-state index in [2.05, 4.69) is 0 Å². The zero-order chi connectivity index (χ0) is 13.7. The Morgan fingerprint density at radius 1 is 1.33 bits per heavy atom. The van der Waals surface area contributed by atoms with Gasteiger partial charge in [0.2, 0.25) is 0 Å². The van der Waals surface area contributed by atoms with Crippen molar-refractivity contribution >= 4 is 11.6 Å². The first-order valence-corrected chi connectivity index (χ1v) is 6.17. The highest BCUT2D eigenvalue weighted by Gasteiger charge is 2.15. The summed E-state index contributed by atoms with van der Waals surface area (Å²) >= 11 is 0. The third-order valence-electron chi connectivity index (χ3n) is 2.97. The van der Waals surface area contributed by atoms with Crippen molar-refractivity contribution in [2.75, 3.05) is 32.5 Å². The molecule has 0 spiro atoms. The third kappa shape index (κ3) is 3.47. The molecular formula is C14H22N2O2. The molecule has 4 nitrogen and oxygen atoms in total. The lowest BCUT2D eigenvalue weighted by molar-refractivity contribution is 0.0709. The largest absolute Gasteiger partial charge is 0.398 e. The van der Waals surface area contributed by atoms with E-state index in [0.29, 0.717) is 31.0 Å². The number of carbonyl (C=O) groups excluding carboxylic acids is 1. The fourth-order valence-corrected chi connectivity index (χ4v) is 1.75. The fourth-order valence-electron chi connectivity index (χ4n) is 1.75. The van der Waals surface area contributed by atoms with Crippen molar-refractivity contribution < 1.29 is 9.53 Å². The summed E-state index contributed by atoms with van der Waals surface area (Å²) in [5.41, 5.74) is 9.13. The van der Waals surface area contributed by atoms with Crippen molar-refractivity contribution in [1.82, 2.24) is 4.90 Å². The molecule has 4 heteroatoms. The maximum Gasteiger partial charge on any atom is 0.254 e. The SMILES string of the molecule is CCOCCN(C)C(=O)c1cc(N)c(C)cc1C. The quantitative estimate of drug-likeness (QED) is 0.642. The summed E-state index contributed by atoms with van der Waals surface area (Å²) in [5.74, 6) is -0.0149. The summed E-state index contributed by atoms with van der Waals surface area (Å²) in [4.78, 5) is 13.9. The van der Waals surface area contributed by atoms with Crippen LogP contribution >= 0.6 is 0 Å². The van der Waals surface area contributed by atoms with Crippen LogP contribution in [-0.4, -0.2) is 37.6 Å². The van der Waals surface area contributed by atoms with E-state index in [-0.39, 0.29) is 5.91 Å². The van der Waals surface area contributed by atoms with Gasteiger partial charge in [-0.3, -0.25) is 4.79 Å². The van der Waals surface area contributed by atoms with Gasteiger partial charge in [-0.05, 0) is 38.0 Å². The van der Waals surface area contributed by atoms with Crippen molar-refractivity contribution in [3.8, 4) is 0 Å². The highest BCUT2D eigenvalue weighted by Crippen LogP contribution is 2.18. The maximum atomic E-state index is 12.2. The smallest absolute Gasteiger partial charge is 0.254 e. The molecule has 0 heterocycles. The van der Waals surface area contributed by atoms with Crippen LogP contribution in [0.4, 0.5) is 5.69 Å². The molecule has 0 aliphatic carbocycles. The molecule has 1 rings (SSSR count). The molecule has 0 aromatic heterocycles. The number of ether oxygens (including phenoxy) is 1. The number of hydrogen-bond acceptors (Lipinski definition) is 3. The summed E-state index contributed by atoms with van der Waals surface area (Å²) in [5, 5.41) is 0. The van der Waals surface area contributed by atoms with Gasteiger partial charge in [0.05, 0.1) is 6.61 Å². The lowest BCUT2D eigenvalue weighted by atomic mass is 10.0. The van der Waals surface area contributed by atoms with E-state index in [1.54, 1.807) is 18.0 Å². The van der Waals surface area contributed by atoms with Gasteiger partial charge >= 0.3 is 0 Å². The van der Waals surface area contributed by atoms with Crippen LogP contribution in [0.25, 0.3) is 0 Å². The normalized spacial score (nSPS) is 10.4. The van der Waals surface area contributed by atoms with Crippen LogP contribution in [-0.2, 0) is 4.74 Å². The van der Waals surface area contributed by atoms with Crippen molar-refractivity contribution in [2.24, 2.45) is 0 Å². The molecule has 0 atom stereocenters. The van der Waals surface area contributed by atoms with Crippen molar-refractivity contribution in [3.63, 3.8) is 0 Å². The van der Waals surface area contributed by atoms with Gasteiger partial charge in [-0.1, -0.05) is 6.07 Å². The summed E-state index contributed by atoms with van der Waals surface area (Å²) in [6, 6.07) is 3.70. The molecule has 18 heavy (non-hydrogen) atoms. The molecular weight excluding hydrogens is 228 g/mol. The van der Waals surface area contributed by atoms with E-state index >= 15 is 0 Å². The van der Waals surface area contributed by atoms with E-state index < -0.39 is 0 Å². The Morgan fingerprint density at radius 2 is 2.00 bits per heavy atom. The number of nitrogens with two attached hydrogens (primary N) is 1. The fraction of sp³-hybridized carbons (Fsp3) is 0.500. The predicted octanol–water partition coefficient (Wildman–Crippen LogP) is 1.99. The molecule has 2 N–H and O–H groups in total. The van der Waals surface area contributed by atoms with Crippen LogP contribution in [0.2, 0.25) is 0 Å². The number of rotatable bonds is 5. The number of carbonyl (C=O) groups is 1. The molecule has 0 radical (unpaired) electrons. The Labute approximate surface area is 109 Å². The minimum atomic E-state index is -0.0149. The van der Waals surface area contributed by atoms with E-state index in [9.17, 15) is 4.79 Å². The summed E-state index contributed by atoms with van der Waals surface area (Å²) < 4.78 is 5.24. The van der Waals surface area contributed by atoms with Gasteiger partial charge in [-0.25, -0.2) is 0 Å². The highest BCUT2D eigenvalue weighted by atomic mass is 16.5. The molecule has 0 saturated carbocycles. The lowest BCUT2D eigenvalue weighted by Crippen LogP contribution is -2.30. The Hall–Kier alpha value is -1.55. The first-order valence-electron chi connectivity index (χ1n) is 6.17. The Balaban J connectivity index is 2.80. The van der Waals surface area contributed by atoms with Crippen LogP contribution in [0.15, 0.2) is 12.1 Å². The Bertz CT molecular complexity index is 430. The molecule has 0 fully saturated rings. The molecule has 0 aliphatic heterocycles. The second kappa shape index (κ2) is 6.40. The number of likely N-dealkylation sites (N-methyl/N-ethyl adjacent to an activating group) is 1. The first-order chi connectivity index (χ1) is 8.47. The maximum absolute atomic E-state index is 12.2. The molecule has 0 bridgehead atoms. The number of amides is 1. The number of hydrogen-bond donors (Lipinski definition) is 1. The second-order valence-corrected chi connectivity index (χ2v) is 4.45. The van der Waals surface area contributed by atoms with E-state index in [1.165, 1.54) is 0 Å². The van der Waals surface area contributed by atoms with Crippen molar-refractivity contribution in [3.05, 3.63) is 28.8 Å². The van der Waals surface area contributed by atoms with E-state index in [1.807, 2.05) is 26.8 Å². The van der Waals surface area contributed by atoms with Crippen LogP contribution in [0.3, 0.4) is 0 Å². The summed E-state index contributed by atoms with van der Waals surface area (Å²) in [6.07, 6.45) is 0. The first kappa shape index (κ1) is 14.5. The molecule has 0 saturated heterocycles. The van der Waals surface area contributed by atoms with Gasteiger partial charge in [-0.15, -0.1) is 0 Å². The minimum Gasteiger partial charge on any atom is -0.398 e. The monoisotopic (exact) mass is 250 g/mol. The third-order valence-corrected chi connectivity index (χ3v) is 2.97. The lowest BCUT2D eigenvalue weighted by Gasteiger charge is -2.19. The zero-order valence-electron chi connectivity index (χ0n) is 11.6. The van der Waals surface area contributed by atoms with Gasteiger partial charge in [0.15, 0.2) is 0 Å². The van der Waals surface area contributed by atoms with Crippen LogP contribution < -0.4 is 5.73 Å². The zero-order valence-corrected chi connectivity index (χ0v) is 11.6. The molecule has 1 amide bonds. The summed E-state index contributed by atoms with van der Waals surface area (Å²) in [7, 11) is 1.77. The Morgan fingerprint density at radius 3 is 2.61 bits per heavy atom. The van der Waals surface area contributed by atoms with E-state index in [4.69, 9.17) is 10.5 Å². The minimum absolute atomic E-state index is 0.0149. The number of anilines is 1. The van der Waals surface area contributed by atoms with Gasteiger partial charge < -0.3 is 15.4 Å². The van der Waals surface area contributed by atoms with Crippen molar-refractivity contribution in [2.45, 2.75) is 20.8 Å². The number of aryl methyl sites for hydroxylation is 2. The Kier molecular flexibility index (Phi) is 5.16. The molecule has 0 aliphatic rings. The van der Waals surface area contributed by atoms with Crippen LogP contribution in [0.1, 0.15) is 28.4 Å². The average Bonchev–Trinajstić information content (AvgIpc) is 2.33. The van der Waals surface area contributed by atoms with Gasteiger partial charge in [-0.2, -0.15) is 0 Å².